The summed E-state index contributed by atoms with van der Waals surface area (Å²) >= 11 is 0. The highest BCUT2D eigenvalue weighted by Crippen LogP contribution is 2.24. The summed E-state index contributed by atoms with van der Waals surface area (Å²) in [5, 5.41) is 8.71. The zero-order valence-corrected chi connectivity index (χ0v) is 11.4. The number of benzene rings is 2. The first-order valence-electron chi connectivity index (χ1n) is 6.44. The van der Waals surface area contributed by atoms with Crippen LogP contribution in [-0.2, 0) is 13.0 Å². The highest BCUT2D eigenvalue weighted by molar-refractivity contribution is 5.87. The number of halogens is 2. The lowest BCUT2D eigenvalue weighted by Crippen LogP contribution is -2.04. The maximum Gasteiger partial charge on any atom is 0.335 e. The Kier molecular flexibility index (Phi) is 4.52. The number of hydrogen-bond acceptors (Lipinski definition) is 2. The van der Waals surface area contributed by atoms with E-state index in [2.05, 4.69) is 0 Å². The molecule has 0 aliphatic heterocycles. The van der Waals surface area contributed by atoms with Crippen LogP contribution in [0.15, 0.2) is 36.4 Å². The van der Waals surface area contributed by atoms with E-state index in [1.54, 1.807) is 0 Å². The van der Waals surface area contributed by atoms with Crippen LogP contribution in [0.5, 0.6) is 5.75 Å². The fraction of sp³-hybridized carbons (Fsp3) is 0.188. The molecular weight excluding hydrogens is 278 g/mol. The fourth-order valence-corrected chi connectivity index (χ4v) is 1.85. The number of carboxylic acid groups (broad SMARTS) is 1. The predicted octanol–water partition coefficient (Wildman–Crippen LogP) is 3.80. The topological polar surface area (TPSA) is 46.5 Å². The monoisotopic (exact) mass is 292 g/mol. The van der Waals surface area contributed by atoms with Gasteiger partial charge in [0.05, 0.1) is 5.56 Å². The van der Waals surface area contributed by atoms with E-state index in [0.717, 1.165) is 29.7 Å². The number of hydrogen-bond donors (Lipinski definition) is 1. The average Bonchev–Trinajstić information content (AvgIpc) is 2.46. The van der Waals surface area contributed by atoms with E-state index >= 15 is 0 Å². The van der Waals surface area contributed by atoms with Crippen molar-refractivity contribution in [2.75, 3.05) is 0 Å². The van der Waals surface area contributed by atoms with Crippen LogP contribution in [0.1, 0.15) is 28.4 Å². The molecule has 0 radical (unpaired) electrons. The van der Waals surface area contributed by atoms with Crippen LogP contribution in [0, 0.1) is 11.6 Å². The molecule has 5 heteroatoms. The van der Waals surface area contributed by atoms with Crippen molar-refractivity contribution in [2.45, 2.75) is 20.0 Å². The first kappa shape index (κ1) is 15.0. The van der Waals surface area contributed by atoms with Gasteiger partial charge >= 0.3 is 5.97 Å². The Morgan fingerprint density at radius 3 is 2.10 bits per heavy atom. The van der Waals surface area contributed by atoms with E-state index in [1.165, 1.54) is 0 Å². The first-order chi connectivity index (χ1) is 10.0. The number of rotatable bonds is 5. The molecule has 110 valence electrons. The summed E-state index contributed by atoms with van der Waals surface area (Å²) in [4.78, 5) is 10.7. The smallest absolute Gasteiger partial charge is 0.335 e. The summed E-state index contributed by atoms with van der Waals surface area (Å²) in [6, 6.07) is 8.94. The lowest BCUT2D eigenvalue weighted by molar-refractivity contribution is 0.0695. The molecule has 0 atom stereocenters. The summed E-state index contributed by atoms with van der Waals surface area (Å²) in [6.45, 7) is 2.03. The van der Waals surface area contributed by atoms with Crippen molar-refractivity contribution < 1.29 is 23.4 Å². The molecule has 2 rings (SSSR count). The molecule has 0 aromatic heterocycles. The molecule has 0 aliphatic carbocycles. The fourth-order valence-electron chi connectivity index (χ4n) is 1.85. The molecule has 0 amide bonds. The van der Waals surface area contributed by atoms with Crippen LogP contribution < -0.4 is 4.74 Å². The van der Waals surface area contributed by atoms with Gasteiger partial charge in [0.2, 0.25) is 0 Å². The standard InChI is InChI=1S/C16H14F2O3/c1-2-10-3-5-11(6-4-10)9-21-15-13(17)7-12(16(19)20)8-14(15)18/h3-8H,2,9H2,1H3,(H,19,20). The van der Waals surface area contributed by atoms with Crippen LogP contribution in [-0.4, -0.2) is 11.1 Å². The van der Waals surface area contributed by atoms with Crippen LogP contribution in [0.3, 0.4) is 0 Å². The molecular formula is C16H14F2O3. The van der Waals surface area contributed by atoms with Crippen molar-refractivity contribution in [3.05, 3.63) is 64.7 Å². The number of ether oxygens (including phenoxy) is 1. The Morgan fingerprint density at radius 2 is 1.62 bits per heavy atom. The minimum atomic E-state index is -1.39. The Morgan fingerprint density at radius 1 is 1.10 bits per heavy atom. The number of carboxylic acids is 1. The second kappa shape index (κ2) is 6.35. The summed E-state index contributed by atoms with van der Waals surface area (Å²) in [5.74, 6) is -4.02. The summed E-state index contributed by atoms with van der Waals surface area (Å²) in [6.07, 6.45) is 0.904. The lowest BCUT2D eigenvalue weighted by Gasteiger charge is -2.09. The van der Waals surface area contributed by atoms with E-state index < -0.39 is 28.9 Å². The maximum atomic E-state index is 13.7. The van der Waals surface area contributed by atoms with Gasteiger partial charge in [-0.25, -0.2) is 13.6 Å². The van der Waals surface area contributed by atoms with Crippen LogP contribution >= 0.6 is 0 Å². The van der Waals surface area contributed by atoms with Gasteiger partial charge in [0.15, 0.2) is 17.4 Å². The SMILES string of the molecule is CCc1ccc(COc2c(F)cc(C(=O)O)cc2F)cc1. The molecule has 0 bridgehead atoms. The summed E-state index contributed by atoms with van der Waals surface area (Å²) < 4.78 is 32.4. The number of aromatic carboxylic acids is 1. The van der Waals surface area contributed by atoms with Crippen LogP contribution in [0.4, 0.5) is 8.78 Å². The van der Waals surface area contributed by atoms with E-state index in [0.29, 0.717) is 0 Å². The number of aryl methyl sites for hydroxylation is 1. The minimum absolute atomic E-state index is 0.00422. The van der Waals surface area contributed by atoms with Gasteiger partial charge in [0.1, 0.15) is 6.61 Å². The predicted molar refractivity (Wildman–Crippen MR) is 73.5 cm³/mol. The van der Waals surface area contributed by atoms with E-state index in [4.69, 9.17) is 9.84 Å². The maximum absolute atomic E-state index is 13.7. The molecule has 2 aromatic carbocycles. The molecule has 0 fully saturated rings. The van der Waals surface area contributed by atoms with Gasteiger partial charge in [0, 0.05) is 0 Å². The van der Waals surface area contributed by atoms with Crippen LogP contribution in [0.2, 0.25) is 0 Å². The van der Waals surface area contributed by atoms with Crippen molar-refractivity contribution in [3.8, 4) is 5.75 Å². The Hall–Kier alpha value is -2.43. The summed E-state index contributed by atoms with van der Waals surface area (Å²) in [5.41, 5.74) is 1.47. The molecule has 0 saturated carbocycles. The third kappa shape index (κ3) is 3.56. The van der Waals surface area contributed by atoms with Gasteiger partial charge in [-0.05, 0) is 29.7 Å². The minimum Gasteiger partial charge on any atom is -0.483 e. The average molecular weight is 292 g/mol. The van der Waals surface area contributed by atoms with Crippen molar-refractivity contribution in [1.29, 1.82) is 0 Å². The van der Waals surface area contributed by atoms with Gasteiger partial charge in [0.25, 0.3) is 0 Å². The van der Waals surface area contributed by atoms with Gasteiger partial charge in [-0.2, -0.15) is 0 Å². The van der Waals surface area contributed by atoms with Crippen LogP contribution in [0.25, 0.3) is 0 Å². The molecule has 2 aromatic rings. The zero-order chi connectivity index (χ0) is 15.4. The second-order valence-corrected chi connectivity index (χ2v) is 4.53. The molecule has 0 unspecified atom stereocenters. The van der Waals surface area contributed by atoms with Gasteiger partial charge in [-0.3, -0.25) is 0 Å². The Bertz CT molecular complexity index is 628. The van der Waals surface area contributed by atoms with Crippen molar-refractivity contribution in [2.24, 2.45) is 0 Å². The van der Waals surface area contributed by atoms with Gasteiger partial charge in [-0.1, -0.05) is 31.2 Å². The Balaban J connectivity index is 2.14. The third-order valence-electron chi connectivity index (χ3n) is 3.06. The van der Waals surface area contributed by atoms with Crippen molar-refractivity contribution in [3.63, 3.8) is 0 Å². The largest absolute Gasteiger partial charge is 0.483 e. The lowest BCUT2D eigenvalue weighted by atomic mass is 10.1. The normalized spacial score (nSPS) is 10.4. The van der Waals surface area contributed by atoms with Crippen molar-refractivity contribution >= 4 is 5.97 Å². The highest BCUT2D eigenvalue weighted by atomic mass is 19.1. The molecule has 0 saturated heterocycles. The van der Waals surface area contributed by atoms with E-state index in [9.17, 15) is 13.6 Å². The highest BCUT2D eigenvalue weighted by Gasteiger charge is 2.16. The molecule has 21 heavy (non-hydrogen) atoms. The quantitative estimate of drug-likeness (QED) is 0.911. The molecule has 0 heterocycles. The third-order valence-corrected chi connectivity index (χ3v) is 3.06. The molecule has 3 nitrogen and oxygen atoms in total. The van der Waals surface area contributed by atoms with Gasteiger partial charge in [-0.15, -0.1) is 0 Å². The molecule has 0 aliphatic rings. The Labute approximate surface area is 120 Å². The van der Waals surface area contributed by atoms with E-state index in [1.807, 2.05) is 31.2 Å². The van der Waals surface area contributed by atoms with Gasteiger partial charge < -0.3 is 9.84 Å². The second-order valence-electron chi connectivity index (χ2n) is 4.53. The first-order valence-corrected chi connectivity index (χ1v) is 6.44. The molecule has 1 N–H and O–H groups in total. The van der Waals surface area contributed by atoms with Crippen molar-refractivity contribution in [1.82, 2.24) is 0 Å². The zero-order valence-electron chi connectivity index (χ0n) is 11.4. The molecule has 0 spiro atoms. The number of carbonyl (C=O) groups is 1. The summed E-state index contributed by atoms with van der Waals surface area (Å²) in [7, 11) is 0. The van der Waals surface area contributed by atoms with E-state index in [-0.39, 0.29) is 6.61 Å².